The molecule has 0 radical (unpaired) electrons. The zero-order chi connectivity index (χ0) is 13.8. The van der Waals surface area contributed by atoms with Gasteiger partial charge in [-0.25, -0.2) is 0 Å². The van der Waals surface area contributed by atoms with Crippen molar-refractivity contribution in [3.05, 3.63) is 23.8 Å². The summed E-state index contributed by atoms with van der Waals surface area (Å²) in [5, 5.41) is 3.41. The largest absolute Gasteiger partial charge is 0.489 e. The van der Waals surface area contributed by atoms with Crippen LogP contribution in [0.1, 0.15) is 37.7 Å². The lowest BCUT2D eigenvalue weighted by Gasteiger charge is -2.28. The third kappa shape index (κ3) is 3.26. The normalized spacial score (nSPS) is 19.3. The first-order valence-corrected chi connectivity index (χ1v) is 8.00. The number of hydrogen-bond donors (Lipinski definition) is 1. The molecule has 3 rings (SSSR count). The zero-order valence-electron chi connectivity index (χ0n) is 12.5. The standard InChI is InChI=1S/C17H26N2O/c1-19(12-14-6-3-2-4-7-14)13-15-8-5-9-16-17(15)20-11-10-18-16/h5,8-9,14,18H,2-4,6-7,10-13H2,1H3. The van der Waals surface area contributed by atoms with Gasteiger partial charge in [-0.3, -0.25) is 0 Å². The first-order valence-electron chi connectivity index (χ1n) is 8.00. The maximum Gasteiger partial charge on any atom is 0.146 e. The monoisotopic (exact) mass is 274 g/mol. The van der Waals surface area contributed by atoms with Gasteiger partial charge in [0.15, 0.2) is 0 Å². The molecule has 1 N–H and O–H groups in total. The van der Waals surface area contributed by atoms with Gasteiger partial charge in [0.1, 0.15) is 12.4 Å². The number of anilines is 1. The fraction of sp³-hybridized carbons (Fsp3) is 0.647. The average Bonchev–Trinajstić information content (AvgIpc) is 2.48. The number of rotatable bonds is 4. The van der Waals surface area contributed by atoms with Crippen LogP contribution >= 0.6 is 0 Å². The van der Waals surface area contributed by atoms with E-state index in [1.165, 1.54) is 44.2 Å². The molecule has 2 aliphatic rings. The molecular formula is C17H26N2O. The molecule has 3 heteroatoms. The highest BCUT2D eigenvalue weighted by atomic mass is 16.5. The van der Waals surface area contributed by atoms with Crippen LogP contribution in [-0.4, -0.2) is 31.6 Å². The van der Waals surface area contributed by atoms with Crippen LogP contribution in [0, 0.1) is 5.92 Å². The second-order valence-corrected chi connectivity index (χ2v) is 6.27. The summed E-state index contributed by atoms with van der Waals surface area (Å²) in [5.74, 6) is 1.96. The fourth-order valence-corrected chi connectivity index (χ4v) is 3.52. The predicted molar refractivity (Wildman–Crippen MR) is 83.3 cm³/mol. The Morgan fingerprint density at radius 2 is 2.10 bits per heavy atom. The van der Waals surface area contributed by atoms with E-state index >= 15 is 0 Å². The molecule has 0 atom stereocenters. The van der Waals surface area contributed by atoms with Crippen molar-refractivity contribution in [2.24, 2.45) is 5.92 Å². The molecule has 1 aliphatic carbocycles. The molecule has 110 valence electrons. The number of fused-ring (bicyclic) bond motifs is 1. The topological polar surface area (TPSA) is 24.5 Å². The average molecular weight is 274 g/mol. The molecule has 0 amide bonds. The van der Waals surface area contributed by atoms with Crippen molar-refractivity contribution in [3.63, 3.8) is 0 Å². The quantitative estimate of drug-likeness (QED) is 0.909. The van der Waals surface area contributed by atoms with E-state index in [9.17, 15) is 0 Å². The van der Waals surface area contributed by atoms with Crippen molar-refractivity contribution in [2.75, 3.05) is 32.1 Å². The highest BCUT2D eigenvalue weighted by Crippen LogP contribution is 2.32. The number of nitrogens with zero attached hydrogens (tertiary/aromatic N) is 1. The first kappa shape index (κ1) is 13.7. The second-order valence-electron chi connectivity index (χ2n) is 6.27. The summed E-state index contributed by atoms with van der Waals surface area (Å²) in [6.45, 7) is 3.89. The fourth-order valence-electron chi connectivity index (χ4n) is 3.52. The third-order valence-corrected chi connectivity index (χ3v) is 4.50. The maximum absolute atomic E-state index is 5.86. The van der Waals surface area contributed by atoms with Crippen LogP contribution < -0.4 is 10.1 Å². The number of para-hydroxylation sites is 1. The summed E-state index contributed by atoms with van der Waals surface area (Å²) in [7, 11) is 2.24. The van der Waals surface area contributed by atoms with E-state index in [1.54, 1.807) is 0 Å². The highest BCUT2D eigenvalue weighted by Gasteiger charge is 2.18. The van der Waals surface area contributed by atoms with Crippen LogP contribution in [0.25, 0.3) is 0 Å². The summed E-state index contributed by atoms with van der Waals surface area (Å²) in [5.41, 5.74) is 2.47. The molecule has 1 aromatic rings. The van der Waals surface area contributed by atoms with Crippen LogP contribution in [-0.2, 0) is 6.54 Å². The summed E-state index contributed by atoms with van der Waals surface area (Å²) in [6.07, 6.45) is 7.11. The molecule has 1 heterocycles. The van der Waals surface area contributed by atoms with E-state index in [2.05, 4.69) is 35.5 Å². The molecule has 0 saturated heterocycles. The summed E-state index contributed by atoms with van der Waals surface area (Å²) >= 11 is 0. The molecule has 20 heavy (non-hydrogen) atoms. The molecule has 0 unspecified atom stereocenters. The van der Waals surface area contributed by atoms with Crippen LogP contribution in [0.2, 0.25) is 0 Å². The molecule has 1 aliphatic heterocycles. The smallest absolute Gasteiger partial charge is 0.146 e. The number of hydrogen-bond acceptors (Lipinski definition) is 3. The van der Waals surface area contributed by atoms with Gasteiger partial charge < -0.3 is 15.0 Å². The van der Waals surface area contributed by atoms with E-state index in [0.717, 1.165) is 37.1 Å². The first-order chi connectivity index (χ1) is 9.83. The Bertz CT molecular complexity index is 441. The van der Waals surface area contributed by atoms with Gasteiger partial charge in [-0.05, 0) is 31.9 Å². The maximum atomic E-state index is 5.86. The molecule has 3 nitrogen and oxygen atoms in total. The van der Waals surface area contributed by atoms with E-state index in [-0.39, 0.29) is 0 Å². The minimum absolute atomic E-state index is 0.774. The lowest BCUT2D eigenvalue weighted by atomic mass is 9.89. The lowest BCUT2D eigenvalue weighted by Crippen LogP contribution is -2.27. The van der Waals surface area contributed by atoms with Gasteiger partial charge in [0.25, 0.3) is 0 Å². The van der Waals surface area contributed by atoms with Crippen molar-refractivity contribution in [1.29, 1.82) is 0 Å². The van der Waals surface area contributed by atoms with Crippen molar-refractivity contribution in [3.8, 4) is 5.75 Å². The minimum Gasteiger partial charge on any atom is -0.489 e. The van der Waals surface area contributed by atoms with Crippen molar-refractivity contribution in [1.82, 2.24) is 4.90 Å². The number of ether oxygens (including phenoxy) is 1. The predicted octanol–water partition coefficient (Wildman–Crippen LogP) is 3.50. The zero-order valence-corrected chi connectivity index (χ0v) is 12.5. The van der Waals surface area contributed by atoms with Gasteiger partial charge >= 0.3 is 0 Å². The van der Waals surface area contributed by atoms with Gasteiger partial charge in [-0.1, -0.05) is 31.4 Å². The lowest BCUT2D eigenvalue weighted by molar-refractivity contribution is 0.224. The Hall–Kier alpha value is -1.22. The third-order valence-electron chi connectivity index (χ3n) is 4.50. The van der Waals surface area contributed by atoms with Crippen LogP contribution in [0.3, 0.4) is 0 Å². The molecule has 1 fully saturated rings. The SMILES string of the molecule is CN(Cc1cccc2c1OCCN2)CC1CCCCC1. The van der Waals surface area contributed by atoms with E-state index in [0.29, 0.717) is 0 Å². The highest BCUT2D eigenvalue weighted by molar-refractivity contribution is 5.61. The van der Waals surface area contributed by atoms with Gasteiger partial charge in [0.05, 0.1) is 5.69 Å². The number of nitrogens with one attached hydrogen (secondary N) is 1. The van der Waals surface area contributed by atoms with Crippen LogP contribution in [0.5, 0.6) is 5.75 Å². The van der Waals surface area contributed by atoms with Crippen LogP contribution in [0.4, 0.5) is 5.69 Å². The molecule has 1 saturated carbocycles. The molecular weight excluding hydrogens is 248 g/mol. The number of benzene rings is 1. The summed E-state index contributed by atoms with van der Waals surface area (Å²) < 4.78 is 5.86. The van der Waals surface area contributed by atoms with E-state index in [1.807, 2.05) is 0 Å². The Balaban J connectivity index is 1.62. The molecule has 0 spiro atoms. The van der Waals surface area contributed by atoms with Crippen molar-refractivity contribution < 1.29 is 4.74 Å². The van der Waals surface area contributed by atoms with Crippen molar-refractivity contribution >= 4 is 5.69 Å². The molecule has 0 aromatic heterocycles. The Morgan fingerprint density at radius 1 is 1.25 bits per heavy atom. The van der Waals surface area contributed by atoms with E-state index in [4.69, 9.17) is 4.74 Å². The molecule has 0 bridgehead atoms. The van der Waals surface area contributed by atoms with Gasteiger partial charge in [0, 0.05) is 25.2 Å². The Labute approximate surface area is 122 Å². The van der Waals surface area contributed by atoms with Gasteiger partial charge in [-0.2, -0.15) is 0 Å². The Kier molecular flexibility index (Phi) is 4.46. The van der Waals surface area contributed by atoms with Crippen molar-refractivity contribution in [2.45, 2.75) is 38.6 Å². The van der Waals surface area contributed by atoms with Crippen LogP contribution in [0.15, 0.2) is 18.2 Å². The summed E-state index contributed by atoms with van der Waals surface area (Å²) in [4.78, 5) is 2.46. The minimum atomic E-state index is 0.774. The molecule has 1 aromatic carbocycles. The summed E-state index contributed by atoms with van der Waals surface area (Å²) in [6, 6.07) is 6.44. The van der Waals surface area contributed by atoms with Gasteiger partial charge in [-0.15, -0.1) is 0 Å². The second kappa shape index (κ2) is 6.49. The van der Waals surface area contributed by atoms with Gasteiger partial charge in [0.2, 0.25) is 0 Å². The van der Waals surface area contributed by atoms with E-state index < -0.39 is 0 Å². The Morgan fingerprint density at radius 3 is 2.95 bits per heavy atom.